The van der Waals surface area contributed by atoms with Gasteiger partial charge in [0.15, 0.2) is 5.54 Å². The highest BCUT2D eigenvalue weighted by Crippen LogP contribution is 2.49. The summed E-state index contributed by atoms with van der Waals surface area (Å²) in [6.07, 6.45) is 1.64. The zero-order valence-electron chi connectivity index (χ0n) is 14.3. The number of nitrogens with one attached hydrogen (secondary N) is 1. The summed E-state index contributed by atoms with van der Waals surface area (Å²) >= 11 is 0. The fraction of sp³-hybridized carbons (Fsp3) is 0.333. The molecule has 2 N–H and O–H groups in total. The average Bonchev–Trinajstić information content (AvgIpc) is 3.40. The predicted octanol–water partition coefficient (Wildman–Crippen LogP) is 3.69. The maximum atomic E-state index is 12.5. The second kappa shape index (κ2) is 7.09. The van der Waals surface area contributed by atoms with Gasteiger partial charge in [0.05, 0.1) is 0 Å². The Bertz CT molecular complexity index is 744. The summed E-state index contributed by atoms with van der Waals surface area (Å²) in [7, 11) is 0. The normalized spacial score (nSPS) is 21.2. The first-order chi connectivity index (χ1) is 12.1. The van der Waals surface area contributed by atoms with Gasteiger partial charge in [0.25, 0.3) is 0 Å². The van der Waals surface area contributed by atoms with Crippen LogP contribution < -0.4 is 5.32 Å². The smallest absolute Gasteiger partial charge is 0.334 e. The van der Waals surface area contributed by atoms with Crippen LogP contribution in [0.5, 0.6) is 0 Å². The van der Waals surface area contributed by atoms with E-state index in [1.165, 1.54) is 5.56 Å². The molecular formula is C21H23NO3. The minimum absolute atomic E-state index is 0.198. The van der Waals surface area contributed by atoms with Crippen molar-refractivity contribution >= 4 is 11.9 Å². The lowest BCUT2D eigenvalue weighted by atomic mass is 9.87. The van der Waals surface area contributed by atoms with E-state index in [4.69, 9.17) is 0 Å². The Morgan fingerprint density at radius 1 is 1.08 bits per heavy atom. The fourth-order valence-corrected chi connectivity index (χ4v) is 3.52. The van der Waals surface area contributed by atoms with Crippen molar-refractivity contribution in [1.29, 1.82) is 0 Å². The second-order valence-electron chi connectivity index (χ2n) is 6.70. The molecule has 0 heterocycles. The summed E-state index contributed by atoms with van der Waals surface area (Å²) in [6.45, 7) is 1.78. The molecule has 1 aliphatic rings. The Balaban J connectivity index is 1.69. The van der Waals surface area contributed by atoms with Gasteiger partial charge in [-0.2, -0.15) is 0 Å². The van der Waals surface area contributed by atoms with E-state index in [0.717, 1.165) is 6.42 Å². The first kappa shape index (κ1) is 17.2. The van der Waals surface area contributed by atoms with Gasteiger partial charge in [-0.25, -0.2) is 4.79 Å². The van der Waals surface area contributed by atoms with Gasteiger partial charge in [-0.1, -0.05) is 67.6 Å². The lowest BCUT2D eigenvalue weighted by Gasteiger charge is -2.30. The molecule has 2 aromatic carbocycles. The fourth-order valence-electron chi connectivity index (χ4n) is 3.52. The third kappa shape index (κ3) is 3.58. The van der Waals surface area contributed by atoms with Crippen molar-refractivity contribution in [2.45, 2.75) is 37.6 Å². The van der Waals surface area contributed by atoms with Crippen LogP contribution in [0.2, 0.25) is 0 Å². The van der Waals surface area contributed by atoms with Crippen molar-refractivity contribution in [2.24, 2.45) is 5.92 Å². The standard InChI is InChI=1S/C21H23NO3/c1-2-21(20(24)25,17-11-7-4-8-12-17)22-19(23)14-16-13-18(16)15-9-5-3-6-10-15/h3-12,16,18H,2,13-14H2,1H3,(H,22,23)(H,24,25)/t16-,18-,21?/m0/s1. The van der Waals surface area contributed by atoms with Gasteiger partial charge < -0.3 is 10.4 Å². The van der Waals surface area contributed by atoms with E-state index < -0.39 is 11.5 Å². The van der Waals surface area contributed by atoms with Gasteiger partial charge in [-0.3, -0.25) is 4.79 Å². The number of rotatable bonds is 7. The molecule has 0 bridgehead atoms. The van der Waals surface area contributed by atoms with Crippen LogP contribution in [0.25, 0.3) is 0 Å². The molecule has 1 aliphatic carbocycles. The highest BCUT2D eigenvalue weighted by Gasteiger charge is 2.43. The van der Waals surface area contributed by atoms with Crippen molar-refractivity contribution in [3.8, 4) is 0 Å². The topological polar surface area (TPSA) is 66.4 Å². The van der Waals surface area contributed by atoms with Crippen LogP contribution in [-0.2, 0) is 15.1 Å². The number of carboxylic acids is 1. The van der Waals surface area contributed by atoms with Crippen LogP contribution in [0.4, 0.5) is 0 Å². The molecule has 0 radical (unpaired) electrons. The predicted molar refractivity (Wildman–Crippen MR) is 96.1 cm³/mol. The molecule has 4 nitrogen and oxygen atoms in total. The van der Waals surface area contributed by atoms with E-state index in [0.29, 0.717) is 30.2 Å². The number of benzene rings is 2. The molecule has 130 valence electrons. The molecule has 2 aromatic rings. The number of aliphatic carboxylic acids is 1. The molecule has 25 heavy (non-hydrogen) atoms. The quantitative estimate of drug-likeness (QED) is 0.810. The third-order valence-electron chi connectivity index (χ3n) is 5.11. The van der Waals surface area contributed by atoms with Gasteiger partial charge in [0, 0.05) is 6.42 Å². The zero-order chi connectivity index (χ0) is 17.9. The van der Waals surface area contributed by atoms with Gasteiger partial charge in [-0.15, -0.1) is 0 Å². The van der Waals surface area contributed by atoms with Crippen molar-refractivity contribution in [2.75, 3.05) is 0 Å². The van der Waals surface area contributed by atoms with Crippen molar-refractivity contribution in [3.05, 3.63) is 71.8 Å². The molecule has 0 saturated heterocycles. The third-order valence-corrected chi connectivity index (χ3v) is 5.11. The number of carboxylic acid groups (broad SMARTS) is 1. The minimum atomic E-state index is -1.37. The lowest BCUT2D eigenvalue weighted by molar-refractivity contribution is -0.148. The van der Waals surface area contributed by atoms with Gasteiger partial charge >= 0.3 is 5.97 Å². The van der Waals surface area contributed by atoms with E-state index in [1.807, 2.05) is 24.3 Å². The Morgan fingerprint density at radius 3 is 2.24 bits per heavy atom. The van der Waals surface area contributed by atoms with Gasteiger partial charge in [0.1, 0.15) is 0 Å². The number of carbonyl (C=O) groups excluding carboxylic acids is 1. The highest BCUT2D eigenvalue weighted by atomic mass is 16.4. The van der Waals surface area contributed by atoms with Gasteiger partial charge in [-0.05, 0) is 35.8 Å². The average molecular weight is 337 g/mol. The summed E-state index contributed by atoms with van der Waals surface area (Å²) in [5.41, 5.74) is 0.493. The summed E-state index contributed by atoms with van der Waals surface area (Å²) in [4.78, 5) is 24.5. The van der Waals surface area contributed by atoms with Crippen LogP contribution in [0.3, 0.4) is 0 Å². The Kier molecular flexibility index (Phi) is 4.88. The molecule has 3 rings (SSSR count). The van der Waals surface area contributed by atoms with Crippen LogP contribution in [0.1, 0.15) is 43.2 Å². The van der Waals surface area contributed by atoms with Crippen LogP contribution in [0, 0.1) is 5.92 Å². The van der Waals surface area contributed by atoms with Crippen molar-refractivity contribution < 1.29 is 14.7 Å². The Morgan fingerprint density at radius 2 is 1.68 bits per heavy atom. The lowest BCUT2D eigenvalue weighted by Crippen LogP contribution is -2.51. The van der Waals surface area contributed by atoms with E-state index in [-0.39, 0.29) is 5.91 Å². The minimum Gasteiger partial charge on any atom is -0.479 e. The Labute approximate surface area is 147 Å². The first-order valence-electron chi connectivity index (χ1n) is 8.71. The molecular weight excluding hydrogens is 314 g/mol. The van der Waals surface area contributed by atoms with Crippen molar-refractivity contribution in [1.82, 2.24) is 5.32 Å². The van der Waals surface area contributed by atoms with E-state index in [2.05, 4.69) is 17.4 Å². The molecule has 0 aliphatic heterocycles. The maximum Gasteiger partial charge on any atom is 0.334 e. The van der Waals surface area contributed by atoms with Crippen LogP contribution in [0.15, 0.2) is 60.7 Å². The largest absolute Gasteiger partial charge is 0.479 e. The van der Waals surface area contributed by atoms with E-state index in [9.17, 15) is 14.7 Å². The monoisotopic (exact) mass is 337 g/mol. The maximum absolute atomic E-state index is 12.5. The molecule has 4 heteroatoms. The number of hydrogen-bond donors (Lipinski definition) is 2. The number of carbonyl (C=O) groups is 2. The molecule has 3 atom stereocenters. The SMILES string of the molecule is CCC(NC(=O)C[C@@H]1C[C@H]1c1ccccc1)(C(=O)O)c1ccccc1. The molecule has 1 unspecified atom stereocenters. The summed E-state index contributed by atoms with van der Waals surface area (Å²) < 4.78 is 0. The van der Waals surface area contributed by atoms with E-state index in [1.54, 1.807) is 31.2 Å². The Hall–Kier alpha value is -2.62. The van der Waals surface area contributed by atoms with Gasteiger partial charge in [0.2, 0.25) is 5.91 Å². The summed E-state index contributed by atoms with van der Waals surface area (Å²) in [5, 5.41) is 12.6. The summed E-state index contributed by atoms with van der Waals surface area (Å²) in [5.74, 6) is -0.521. The molecule has 0 aromatic heterocycles. The van der Waals surface area contributed by atoms with Crippen molar-refractivity contribution in [3.63, 3.8) is 0 Å². The number of amides is 1. The summed E-state index contributed by atoms with van der Waals surface area (Å²) in [6, 6.07) is 19.1. The number of hydrogen-bond acceptors (Lipinski definition) is 2. The highest BCUT2D eigenvalue weighted by molar-refractivity contribution is 5.88. The second-order valence-corrected chi connectivity index (χ2v) is 6.70. The first-order valence-corrected chi connectivity index (χ1v) is 8.71. The van der Waals surface area contributed by atoms with E-state index >= 15 is 0 Å². The zero-order valence-corrected chi connectivity index (χ0v) is 14.3. The molecule has 1 saturated carbocycles. The van der Waals surface area contributed by atoms with Crippen LogP contribution >= 0.6 is 0 Å². The van der Waals surface area contributed by atoms with Crippen LogP contribution in [-0.4, -0.2) is 17.0 Å². The molecule has 1 amide bonds. The molecule has 1 fully saturated rings. The molecule has 0 spiro atoms.